The molecule has 1 saturated heterocycles. The quantitative estimate of drug-likeness (QED) is 0.728. The number of carbonyl (C=O) groups is 1. The lowest BCUT2D eigenvalue weighted by molar-refractivity contribution is -0.133. The van der Waals surface area contributed by atoms with Crippen LogP contribution >= 0.6 is 11.8 Å². The topological polar surface area (TPSA) is 23.6 Å². The van der Waals surface area contributed by atoms with Crippen LogP contribution in [0, 0.1) is 11.6 Å². The van der Waals surface area contributed by atoms with Crippen molar-refractivity contribution in [3.05, 3.63) is 71.3 Å². The minimum absolute atomic E-state index is 0.0603. The fourth-order valence-electron chi connectivity index (χ4n) is 3.14. The number of hydrogen-bond donors (Lipinski definition) is 0. The second-order valence-electron chi connectivity index (χ2n) is 6.99. The normalized spacial score (nSPS) is 17.1. The average molecular weight is 390 g/mol. The Morgan fingerprint density at radius 1 is 1.11 bits per heavy atom. The average Bonchev–Trinajstić information content (AvgIpc) is 3.13. The minimum Gasteiger partial charge on any atom is -0.325 e. The molecule has 1 atom stereocenters. The van der Waals surface area contributed by atoms with E-state index in [9.17, 15) is 13.6 Å². The summed E-state index contributed by atoms with van der Waals surface area (Å²) in [6.07, 6.45) is 0. The fraction of sp³-hybridized carbons (Fsp3) is 0.381. The van der Waals surface area contributed by atoms with Gasteiger partial charge in [-0.3, -0.25) is 9.69 Å². The Balaban J connectivity index is 1.69. The molecule has 2 aromatic rings. The number of amides is 1. The molecule has 0 aromatic heterocycles. The highest BCUT2D eigenvalue weighted by Crippen LogP contribution is 2.38. The highest BCUT2D eigenvalue weighted by molar-refractivity contribution is 7.99. The van der Waals surface area contributed by atoms with Crippen molar-refractivity contribution in [3.63, 3.8) is 0 Å². The number of benzene rings is 2. The molecule has 0 N–H and O–H groups in total. The number of hydrogen-bond acceptors (Lipinski definition) is 3. The number of halogens is 2. The Labute approximate surface area is 163 Å². The van der Waals surface area contributed by atoms with Crippen LogP contribution in [-0.4, -0.2) is 40.6 Å². The van der Waals surface area contributed by atoms with Gasteiger partial charge in [-0.25, -0.2) is 8.78 Å². The highest BCUT2D eigenvalue weighted by atomic mass is 32.2. The number of nitrogens with zero attached hydrogens (tertiary/aromatic N) is 2. The van der Waals surface area contributed by atoms with Crippen LogP contribution in [0.5, 0.6) is 0 Å². The van der Waals surface area contributed by atoms with Crippen molar-refractivity contribution in [1.82, 2.24) is 9.80 Å². The monoisotopic (exact) mass is 390 g/mol. The van der Waals surface area contributed by atoms with E-state index < -0.39 is 0 Å². The zero-order valence-electron chi connectivity index (χ0n) is 15.6. The molecule has 27 heavy (non-hydrogen) atoms. The molecule has 3 nitrogen and oxygen atoms in total. The van der Waals surface area contributed by atoms with E-state index in [-0.39, 0.29) is 29.0 Å². The Morgan fingerprint density at radius 3 is 2.30 bits per heavy atom. The molecule has 1 aliphatic rings. The first-order chi connectivity index (χ1) is 12.9. The molecule has 0 aliphatic carbocycles. The van der Waals surface area contributed by atoms with Crippen molar-refractivity contribution in [1.29, 1.82) is 0 Å². The zero-order chi connectivity index (χ0) is 19.4. The molecule has 1 amide bonds. The van der Waals surface area contributed by atoms with Gasteiger partial charge in [0.1, 0.15) is 17.0 Å². The summed E-state index contributed by atoms with van der Waals surface area (Å²) in [7, 11) is 0. The Hall–Kier alpha value is -1.92. The van der Waals surface area contributed by atoms with E-state index in [1.165, 1.54) is 24.3 Å². The van der Waals surface area contributed by atoms with Gasteiger partial charge in [0.25, 0.3) is 0 Å². The Kier molecular flexibility index (Phi) is 6.50. The Bertz CT molecular complexity index is 765. The SMILES string of the molecule is CC(C)N(CC(=O)N1CCSC1c1ccc(F)cc1)Cc1ccc(F)cc1. The standard InChI is InChI=1S/C21H24F2N2OS/c1-15(2)24(13-16-3-7-18(22)8-4-16)14-20(26)25-11-12-27-21(25)17-5-9-19(23)10-6-17/h3-10,15,21H,11-14H2,1-2H3. The summed E-state index contributed by atoms with van der Waals surface area (Å²) in [6, 6.07) is 12.9. The third kappa shape index (κ3) is 5.08. The molecule has 3 rings (SSSR count). The number of carbonyl (C=O) groups excluding carboxylic acids is 1. The molecular weight excluding hydrogens is 366 g/mol. The molecule has 0 bridgehead atoms. The molecule has 1 heterocycles. The van der Waals surface area contributed by atoms with E-state index >= 15 is 0 Å². The van der Waals surface area contributed by atoms with E-state index in [1.54, 1.807) is 36.0 Å². The van der Waals surface area contributed by atoms with Crippen LogP contribution in [0.4, 0.5) is 8.78 Å². The van der Waals surface area contributed by atoms with Crippen molar-refractivity contribution in [2.24, 2.45) is 0 Å². The van der Waals surface area contributed by atoms with Crippen molar-refractivity contribution >= 4 is 17.7 Å². The van der Waals surface area contributed by atoms with Crippen LogP contribution in [0.25, 0.3) is 0 Å². The van der Waals surface area contributed by atoms with Crippen LogP contribution < -0.4 is 0 Å². The zero-order valence-corrected chi connectivity index (χ0v) is 16.4. The third-order valence-corrected chi connectivity index (χ3v) is 5.99. The summed E-state index contributed by atoms with van der Waals surface area (Å²) >= 11 is 1.70. The first-order valence-electron chi connectivity index (χ1n) is 9.09. The van der Waals surface area contributed by atoms with Crippen molar-refractivity contribution in [3.8, 4) is 0 Å². The molecule has 2 aromatic carbocycles. The van der Waals surface area contributed by atoms with Gasteiger partial charge in [0.05, 0.1) is 6.54 Å². The van der Waals surface area contributed by atoms with Crippen LogP contribution in [0.2, 0.25) is 0 Å². The first-order valence-corrected chi connectivity index (χ1v) is 10.1. The van der Waals surface area contributed by atoms with E-state index in [1.807, 2.05) is 18.7 Å². The summed E-state index contributed by atoms with van der Waals surface area (Å²) in [6.45, 7) is 5.67. The molecule has 1 fully saturated rings. The van der Waals surface area contributed by atoms with Gasteiger partial charge in [-0.05, 0) is 49.2 Å². The maximum atomic E-state index is 13.2. The van der Waals surface area contributed by atoms with Crippen LogP contribution in [0.15, 0.2) is 48.5 Å². The van der Waals surface area contributed by atoms with Crippen LogP contribution in [0.3, 0.4) is 0 Å². The highest BCUT2D eigenvalue weighted by Gasteiger charge is 2.31. The van der Waals surface area contributed by atoms with Gasteiger partial charge >= 0.3 is 0 Å². The smallest absolute Gasteiger partial charge is 0.237 e. The summed E-state index contributed by atoms with van der Waals surface area (Å²) in [5, 5.41) is -0.0714. The molecule has 0 spiro atoms. The second-order valence-corrected chi connectivity index (χ2v) is 8.18. The second kappa shape index (κ2) is 8.85. The van der Waals surface area contributed by atoms with Crippen molar-refractivity contribution < 1.29 is 13.6 Å². The van der Waals surface area contributed by atoms with Gasteiger partial charge in [0.15, 0.2) is 0 Å². The van der Waals surface area contributed by atoms with Gasteiger partial charge in [-0.15, -0.1) is 11.8 Å². The molecule has 0 saturated carbocycles. The molecule has 0 radical (unpaired) electrons. The summed E-state index contributed by atoms with van der Waals surface area (Å²) in [5.41, 5.74) is 1.92. The van der Waals surface area contributed by atoms with E-state index in [0.29, 0.717) is 19.6 Å². The first kappa shape index (κ1) is 19.8. The predicted molar refractivity (Wildman–Crippen MR) is 105 cm³/mol. The summed E-state index contributed by atoms with van der Waals surface area (Å²) in [5.74, 6) is 0.394. The van der Waals surface area contributed by atoms with E-state index in [0.717, 1.165) is 16.9 Å². The molecule has 144 valence electrons. The molecule has 1 unspecified atom stereocenters. The van der Waals surface area contributed by atoms with Crippen molar-refractivity contribution in [2.45, 2.75) is 31.8 Å². The van der Waals surface area contributed by atoms with E-state index in [2.05, 4.69) is 4.90 Å². The maximum absolute atomic E-state index is 13.2. The number of thioether (sulfide) groups is 1. The lowest BCUT2D eigenvalue weighted by Crippen LogP contribution is -2.42. The largest absolute Gasteiger partial charge is 0.325 e. The summed E-state index contributed by atoms with van der Waals surface area (Å²) < 4.78 is 26.3. The Morgan fingerprint density at radius 2 is 1.70 bits per heavy atom. The van der Waals surface area contributed by atoms with Gasteiger partial charge in [0, 0.05) is 24.9 Å². The summed E-state index contributed by atoms with van der Waals surface area (Å²) in [4.78, 5) is 16.9. The molecule has 6 heteroatoms. The van der Waals surface area contributed by atoms with Crippen LogP contribution in [0.1, 0.15) is 30.3 Å². The fourth-order valence-corrected chi connectivity index (χ4v) is 4.42. The number of rotatable bonds is 6. The lowest BCUT2D eigenvalue weighted by Gasteiger charge is -2.30. The predicted octanol–water partition coefficient (Wildman–Crippen LogP) is 4.45. The van der Waals surface area contributed by atoms with Gasteiger partial charge < -0.3 is 4.90 Å². The van der Waals surface area contributed by atoms with Gasteiger partial charge in [-0.2, -0.15) is 0 Å². The van der Waals surface area contributed by atoms with E-state index in [4.69, 9.17) is 0 Å². The lowest BCUT2D eigenvalue weighted by atomic mass is 10.1. The third-order valence-electron chi connectivity index (χ3n) is 4.73. The molecular formula is C21H24F2N2OS. The maximum Gasteiger partial charge on any atom is 0.237 e. The van der Waals surface area contributed by atoms with Crippen molar-refractivity contribution in [2.75, 3.05) is 18.8 Å². The van der Waals surface area contributed by atoms with Gasteiger partial charge in [0.2, 0.25) is 5.91 Å². The minimum atomic E-state index is -0.273. The van der Waals surface area contributed by atoms with Crippen LogP contribution in [-0.2, 0) is 11.3 Å². The molecule has 1 aliphatic heterocycles. The van der Waals surface area contributed by atoms with Gasteiger partial charge in [-0.1, -0.05) is 24.3 Å².